The third kappa shape index (κ3) is 9.00. The Kier molecular flexibility index (Phi) is 12.1. The van der Waals surface area contributed by atoms with E-state index >= 15 is 4.39 Å². The highest BCUT2D eigenvalue weighted by molar-refractivity contribution is 6.31. The molecule has 1 aliphatic carbocycles. The van der Waals surface area contributed by atoms with Crippen molar-refractivity contribution in [2.24, 2.45) is 5.41 Å². The quantitative estimate of drug-likeness (QED) is 0.161. The van der Waals surface area contributed by atoms with E-state index in [2.05, 4.69) is 42.0 Å². The molecule has 2 fully saturated rings. The SMILES string of the molecule is CC(C)(C)C[C@H]1N[C@@H](C(=O)NC2CCC(OC(=O)[C@H](Cc3ccccc3)NC(=O)OC(C)(C)C)CC2)[C@H](c2cccc(Cl)c2F)[C@@]12C(=O)Nc1cc(Cl)ccc12. The minimum Gasteiger partial charge on any atom is -0.461 e. The molecule has 4 N–H and O–H groups in total. The van der Waals surface area contributed by atoms with Crippen molar-refractivity contribution in [3.05, 3.63) is 99.3 Å². The van der Waals surface area contributed by atoms with Gasteiger partial charge < -0.3 is 30.7 Å². The van der Waals surface area contributed by atoms with E-state index in [0.29, 0.717) is 48.4 Å². The molecule has 56 heavy (non-hydrogen) atoms. The van der Waals surface area contributed by atoms with Gasteiger partial charge in [0.1, 0.15) is 29.0 Å². The van der Waals surface area contributed by atoms with E-state index in [-0.39, 0.29) is 40.3 Å². The highest BCUT2D eigenvalue weighted by Gasteiger charge is 2.66. The van der Waals surface area contributed by atoms with Crippen LogP contribution in [0.25, 0.3) is 0 Å². The number of benzene rings is 3. The standard InChI is InChI=1S/C43H51Cl2FN4O6/c1-41(2,3)23-33-43(29-20-15-25(44)22-31(29)48-39(43)53)34(28-13-10-14-30(45)35(28)46)36(50-33)37(51)47-26-16-18-27(19-17-26)55-38(52)32(21-24-11-8-7-9-12-24)49-40(54)56-42(4,5)6/h7-15,20,22,26-27,32-34,36,50H,16-19,21,23H2,1-6H3,(H,47,51)(H,48,53)(H,49,54)/t26?,27?,32-,33+,34-,36+,43-/m0/s1. The van der Waals surface area contributed by atoms with Crippen molar-refractivity contribution in [3.63, 3.8) is 0 Å². The number of ether oxygens (including phenoxy) is 2. The molecule has 13 heteroatoms. The van der Waals surface area contributed by atoms with Crippen molar-refractivity contribution in [1.82, 2.24) is 16.0 Å². The summed E-state index contributed by atoms with van der Waals surface area (Å²) in [5.74, 6) is -2.93. The van der Waals surface area contributed by atoms with Crippen molar-refractivity contribution < 1.29 is 33.0 Å². The van der Waals surface area contributed by atoms with Gasteiger partial charge in [-0.3, -0.25) is 9.59 Å². The van der Waals surface area contributed by atoms with Crippen LogP contribution >= 0.6 is 23.2 Å². The lowest BCUT2D eigenvalue weighted by Gasteiger charge is -2.38. The Morgan fingerprint density at radius 3 is 2.30 bits per heavy atom. The molecule has 5 atom stereocenters. The van der Waals surface area contributed by atoms with E-state index in [1.165, 1.54) is 6.07 Å². The van der Waals surface area contributed by atoms with Crippen LogP contribution in [0.2, 0.25) is 10.0 Å². The largest absolute Gasteiger partial charge is 0.461 e. The number of esters is 1. The maximum atomic E-state index is 16.2. The summed E-state index contributed by atoms with van der Waals surface area (Å²) in [6, 6.07) is 16.4. The summed E-state index contributed by atoms with van der Waals surface area (Å²) >= 11 is 12.7. The van der Waals surface area contributed by atoms with Crippen LogP contribution < -0.4 is 21.3 Å². The van der Waals surface area contributed by atoms with Gasteiger partial charge in [0, 0.05) is 35.1 Å². The fourth-order valence-electron chi connectivity index (χ4n) is 8.51. The first kappa shape index (κ1) is 41.4. The van der Waals surface area contributed by atoms with Crippen molar-refractivity contribution in [3.8, 4) is 0 Å². The number of anilines is 1. The molecule has 0 radical (unpaired) electrons. The Morgan fingerprint density at radius 2 is 1.64 bits per heavy atom. The van der Waals surface area contributed by atoms with Gasteiger partial charge in [0.15, 0.2) is 0 Å². The molecule has 3 aromatic carbocycles. The van der Waals surface area contributed by atoms with Crippen LogP contribution in [0, 0.1) is 11.2 Å². The molecule has 300 valence electrons. The first-order valence-corrected chi connectivity index (χ1v) is 20.0. The lowest BCUT2D eigenvalue weighted by Crippen LogP contribution is -2.50. The Bertz CT molecular complexity index is 1960. The van der Waals surface area contributed by atoms with Crippen LogP contribution in [0.4, 0.5) is 14.9 Å². The molecular weight excluding hydrogens is 758 g/mol. The molecule has 0 bridgehead atoms. The Labute approximate surface area is 337 Å². The zero-order valence-corrected chi connectivity index (χ0v) is 34.2. The molecule has 3 amide bonds. The zero-order chi connectivity index (χ0) is 40.6. The molecule has 2 heterocycles. The summed E-state index contributed by atoms with van der Waals surface area (Å²) in [6.07, 6.45) is 1.53. The van der Waals surface area contributed by atoms with Gasteiger partial charge in [-0.25, -0.2) is 14.0 Å². The van der Waals surface area contributed by atoms with Gasteiger partial charge in [0.2, 0.25) is 11.8 Å². The third-order valence-electron chi connectivity index (χ3n) is 10.8. The number of halogens is 3. The number of carbonyl (C=O) groups is 4. The normalized spacial score (nSPS) is 25.2. The van der Waals surface area contributed by atoms with E-state index in [1.807, 2.05) is 30.3 Å². The number of fused-ring (bicyclic) bond motifs is 2. The van der Waals surface area contributed by atoms with Crippen molar-refractivity contribution in [2.75, 3.05) is 5.32 Å². The summed E-state index contributed by atoms with van der Waals surface area (Å²) in [7, 11) is 0. The van der Waals surface area contributed by atoms with Crippen LogP contribution in [0.5, 0.6) is 0 Å². The van der Waals surface area contributed by atoms with E-state index in [0.717, 1.165) is 5.56 Å². The average Bonchev–Trinajstić information content (AvgIpc) is 3.58. The van der Waals surface area contributed by atoms with Gasteiger partial charge in [-0.05, 0) is 93.2 Å². The second kappa shape index (κ2) is 16.3. The first-order chi connectivity index (χ1) is 26.4. The number of hydrogen-bond acceptors (Lipinski definition) is 7. The maximum Gasteiger partial charge on any atom is 0.408 e. The predicted octanol–water partition coefficient (Wildman–Crippen LogP) is 7.99. The molecule has 3 aromatic rings. The number of hydrogen-bond donors (Lipinski definition) is 4. The minimum absolute atomic E-state index is 0.106. The Balaban J connectivity index is 1.20. The van der Waals surface area contributed by atoms with E-state index in [1.54, 1.807) is 51.1 Å². The molecule has 2 aliphatic heterocycles. The maximum absolute atomic E-state index is 16.2. The number of carbonyl (C=O) groups excluding carboxylic acids is 4. The molecule has 1 saturated heterocycles. The Morgan fingerprint density at radius 1 is 0.946 bits per heavy atom. The highest BCUT2D eigenvalue weighted by atomic mass is 35.5. The predicted molar refractivity (Wildman–Crippen MR) is 214 cm³/mol. The average molecular weight is 810 g/mol. The highest BCUT2D eigenvalue weighted by Crippen LogP contribution is 2.57. The van der Waals surface area contributed by atoms with Crippen LogP contribution in [0.15, 0.2) is 66.7 Å². The van der Waals surface area contributed by atoms with E-state index in [9.17, 15) is 19.2 Å². The second-order valence-corrected chi connectivity index (χ2v) is 18.2. The van der Waals surface area contributed by atoms with E-state index in [4.69, 9.17) is 32.7 Å². The molecule has 0 aromatic heterocycles. The summed E-state index contributed by atoms with van der Waals surface area (Å²) in [5.41, 5.74) is -0.208. The number of rotatable bonds is 9. The number of alkyl carbamates (subject to hydrolysis) is 1. The number of amides is 3. The summed E-state index contributed by atoms with van der Waals surface area (Å²) in [5, 5.41) is 12.7. The van der Waals surface area contributed by atoms with Gasteiger partial charge in [-0.1, -0.05) is 92.5 Å². The fourth-order valence-corrected chi connectivity index (χ4v) is 8.86. The van der Waals surface area contributed by atoms with Crippen molar-refractivity contribution in [2.45, 2.75) is 127 Å². The molecule has 1 saturated carbocycles. The molecule has 0 unspecified atom stereocenters. The van der Waals surface area contributed by atoms with Crippen molar-refractivity contribution in [1.29, 1.82) is 0 Å². The number of nitrogens with one attached hydrogen (secondary N) is 4. The van der Waals surface area contributed by atoms with Crippen LogP contribution in [-0.4, -0.2) is 59.7 Å². The van der Waals surface area contributed by atoms with Gasteiger partial charge in [0.05, 0.1) is 11.1 Å². The Hall–Kier alpha value is -4.19. The molecule has 6 rings (SSSR count). The first-order valence-electron chi connectivity index (χ1n) is 19.2. The fraction of sp³-hybridized carbons (Fsp3) is 0.488. The summed E-state index contributed by atoms with van der Waals surface area (Å²) in [6.45, 7) is 11.4. The molecule has 3 aliphatic rings. The lowest BCUT2D eigenvalue weighted by molar-refractivity contribution is -0.153. The van der Waals surface area contributed by atoms with Crippen LogP contribution in [0.1, 0.15) is 96.3 Å². The molecule has 1 spiro atoms. The van der Waals surface area contributed by atoms with Crippen LogP contribution in [-0.2, 0) is 35.7 Å². The molecule has 10 nitrogen and oxygen atoms in total. The minimum atomic E-state index is -1.36. The van der Waals surface area contributed by atoms with Crippen LogP contribution in [0.3, 0.4) is 0 Å². The van der Waals surface area contributed by atoms with Gasteiger partial charge in [-0.2, -0.15) is 0 Å². The van der Waals surface area contributed by atoms with Crippen molar-refractivity contribution >= 4 is 52.8 Å². The monoisotopic (exact) mass is 808 g/mol. The smallest absolute Gasteiger partial charge is 0.408 e. The van der Waals surface area contributed by atoms with Gasteiger partial charge in [0.25, 0.3) is 0 Å². The lowest BCUT2D eigenvalue weighted by atomic mass is 9.62. The summed E-state index contributed by atoms with van der Waals surface area (Å²) < 4.78 is 27.5. The van der Waals surface area contributed by atoms with E-state index < -0.39 is 59.0 Å². The second-order valence-electron chi connectivity index (χ2n) is 17.4. The van der Waals surface area contributed by atoms with Gasteiger partial charge in [-0.15, -0.1) is 0 Å². The third-order valence-corrected chi connectivity index (χ3v) is 11.3. The zero-order valence-electron chi connectivity index (χ0n) is 32.6. The molecular formula is C43H51Cl2FN4O6. The van der Waals surface area contributed by atoms with Gasteiger partial charge >= 0.3 is 12.1 Å². The topological polar surface area (TPSA) is 135 Å². The summed E-state index contributed by atoms with van der Waals surface area (Å²) in [4.78, 5) is 55.2.